The first-order valence-corrected chi connectivity index (χ1v) is 14.9. The molecule has 0 bridgehead atoms. The summed E-state index contributed by atoms with van der Waals surface area (Å²) < 4.78 is 6.19. The summed E-state index contributed by atoms with van der Waals surface area (Å²) >= 11 is 12.6. The zero-order valence-corrected chi connectivity index (χ0v) is 24.6. The van der Waals surface area contributed by atoms with Gasteiger partial charge in [0.1, 0.15) is 0 Å². The molecule has 1 N–H and O–H groups in total. The van der Waals surface area contributed by atoms with Crippen LogP contribution >= 0.6 is 23.2 Å². The number of likely N-dealkylation sites (tertiary alicyclic amines) is 1. The molecule has 3 fully saturated rings. The van der Waals surface area contributed by atoms with Crippen molar-refractivity contribution in [2.75, 3.05) is 51.2 Å². The number of benzene rings is 1. The van der Waals surface area contributed by atoms with Crippen molar-refractivity contribution in [2.45, 2.75) is 25.8 Å². The number of carboxylic acid groups (broad SMARTS) is 1. The maximum Gasteiger partial charge on any atom is 0.303 e. The zero-order valence-electron chi connectivity index (χ0n) is 23.0. The summed E-state index contributed by atoms with van der Waals surface area (Å²) in [5.41, 5.74) is 2.59. The molecular formula is C30H34Cl2N6O3. The number of aromatic nitrogens is 3. The zero-order chi connectivity index (χ0) is 28.5. The van der Waals surface area contributed by atoms with Crippen molar-refractivity contribution in [3.8, 4) is 22.9 Å². The average molecular weight is 598 g/mol. The first-order chi connectivity index (χ1) is 19.8. The van der Waals surface area contributed by atoms with E-state index < -0.39 is 5.97 Å². The lowest BCUT2D eigenvalue weighted by Crippen LogP contribution is -2.45. The predicted molar refractivity (Wildman–Crippen MR) is 159 cm³/mol. The number of rotatable bonds is 8. The third-order valence-electron chi connectivity index (χ3n) is 8.53. The molecule has 41 heavy (non-hydrogen) atoms. The number of aliphatic carboxylic acids is 1. The Morgan fingerprint density at radius 1 is 0.951 bits per heavy atom. The number of anilines is 1. The lowest BCUT2D eigenvalue weighted by Gasteiger charge is -2.32. The molecule has 9 nitrogen and oxygen atoms in total. The maximum atomic E-state index is 11.2. The first kappa shape index (κ1) is 28.2. The Morgan fingerprint density at radius 3 is 2.24 bits per heavy atom. The van der Waals surface area contributed by atoms with Gasteiger partial charge in [0.2, 0.25) is 11.8 Å². The molecular weight excluding hydrogens is 563 g/mol. The van der Waals surface area contributed by atoms with E-state index in [0.29, 0.717) is 51.8 Å². The minimum Gasteiger partial charge on any atom is -0.481 e. The molecule has 3 aliphatic rings. The van der Waals surface area contributed by atoms with E-state index in [1.54, 1.807) is 18.5 Å². The fourth-order valence-corrected chi connectivity index (χ4v) is 6.81. The fourth-order valence-electron chi connectivity index (χ4n) is 6.28. The van der Waals surface area contributed by atoms with E-state index in [0.717, 1.165) is 75.5 Å². The highest BCUT2D eigenvalue weighted by Crippen LogP contribution is 2.54. The smallest absolute Gasteiger partial charge is 0.303 e. The molecule has 3 aromatic rings. The van der Waals surface area contributed by atoms with Gasteiger partial charge in [-0.25, -0.2) is 15.0 Å². The third-order valence-corrected chi connectivity index (χ3v) is 8.96. The number of nitrogens with zero attached hydrogens (tertiary/aromatic N) is 6. The van der Waals surface area contributed by atoms with E-state index in [4.69, 9.17) is 32.9 Å². The van der Waals surface area contributed by atoms with Crippen molar-refractivity contribution in [1.29, 1.82) is 0 Å². The minimum absolute atomic E-state index is 0.298. The number of carboxylic acids is 1. The largest absolute Gasteiger partial charge is 0.481 e. The number of hydrogen-bond acceptors (Lipinski definition) is 8. The molecule has 0 amide bonds. The Hall–Kier alpha value is -2.98. The molecule has 1 aliphatic carbocycles. The summed E-state index contributed by atoms with van der Waals surface area (Å²) in [5.74, 6) is 2.39. The third kappa shape index (κ3) is 6.92. The molecule has 4 heterocycles. The molecule has 0 radical (unpaired) electrons. The Labute approximate surface area is 250 Å². The van der Waals surface area contributed by atoms with Crippen LogP contribution < -0.4 is 9.64 Å². The summed E-state index contributed by atoms with van der Waals surface area (Å²) in [6.07, 6.45) is 5.75. The van der Waals surface area contributed by atoms with E-state index in [2.05, 4.69) is 37.8 Å². The monoisotopic (exact) mass is 596 g/mol. The van der Waals surface area contributed by atoms with Crippen LogP contribution in [0.15, 0.2) is 42.7 Å². The van der Waals surface area contributed by atoms with Crippen LogP contribution in [0.1, 0.15) is 24.8 Å². The molecule has 3 atom stereocenters. The van der Waals surface area contributed by atoms with E-state index in [1.165, 1.54) is 0 Å². The maximum absolute atomic E-state index is 11.2. The van der Waals surface area contributed by atoms with E-state index in [1.807, 2.05) is 18.2 Å². The summed E-state index contributed by atoms with van der Waals surface area (Å²) in [4.78, 5) is 32.0. The highest BCUT2D eigenvalue weighted by molar-refractivity contribution is 6.35. The summed E-state index contributed by atoms with van der Waals surface area (Å²) in [5, 5.41) is 10.3. The summed E-state index contributed by atoms with van der Waals surface area (Å²) in [6, 6.07) is 9.41. The van der Waals surface area contributed by atoms with Crippen molar-refractivity contribution < 1.29 is 14.6 Å². The molecule has 2 aliphatic heterocycles. The van der Waals surface area contributed by atoms with Gasteiger partial charge in [-0.1, -0.05) is 23.2 Å². The molecule has 1 saturated carbocycles. The Kier molecular flexibility index (Phi) is 8.30. The van der Waals surface area contributed by atoms with Gasteiger partial charge in [-0.15, -0.1) is 0 Å². The standard InChI is InChI=1S/C30H34Cl2N6O3/c1-36-6-8-38(9-7-36)30-33-16-23(17-34-30)41-28-11-19(10-27(35-28)20-12-21(31)14-22(32)13-20)18-37-4-2-24-25(3-5-37)26(24)15-29(39)40/h10-14,16-17,24-26H,2-9,15,18H2,1H3,(H,39,40)/t24-,25+,26-. The Bertz CT molecular complexity index is 1370. The average Bonchev–Trinajstić information content (AvgIpc) is 3.64. The molecule has 0 spiro atoms. The highest BCUT2D eigenvalue weighted by atomic mass is 35.5. The molecule has 1 aromatic carbocycles. The number of halogens is 2. The van der Waals surface area contributed by atoms with Gasteiger partial charge in [-0.2, -0.15) is 0 Å². The summed E-state index contributed by atoms with van der Waals surface area (Å²) in [7, 11) is 2.12. The van der Waals surface area contributed by atoms with Crippen molar-refractivity contribution in [2.24, 2.45) is 17.8 Å². The molecule has 216 valence electrons. The van der Waals surface area contributed by atoms with E-state index >= 15 is 0 Å². The SMILES string of the molecule is CN1CCN(c2ncc(Oc3cc(CN4CC[C@@H]5[C@H](CC4)[C@@H]5CC(=O)O)cc(-c4cc(Cl)cc(Cl)c4)n3)cn2)CC1. The normalized spacial score (nSPS) is 23.1. The van der Waals surface area contributed by atoms with Gasteiger partial charge in [0.15, 0.2) is 5.75 Å². The molecule has 2 saturated heterocycles. The van der Waals surface area contributed by atoms with Crippen LogP contribution in [0.4, 0.5) is 5.95 Å². The predicted octanol–water partition coefficient (Wildman–Crippen LogP) is 5.32. The second kappa shape index (κ2) is 12.1. The second-order valence-electron chi connectivity index (χ2n) is 11.4. The lowest BCUT2D eigenvalue weighted by atomic mass is 10.1. The molecule has 6 rings (SSSR count). The van der Waals surface area contributed by atoms with Crippen LogP contribution in [-0.2, 0) is 11.3 Å². The number of ether oxygens (including phenoxy) is 1. The topological polar surface area (TPSA) is 94.9 Å². The highest BCUT2D eigenvalue weighted by Gasteiger charge is 2.50. The van der Waals surface area contributed by atoms with Gasteiger partial charge in [-0.3, -0.25) is 9.69 Å². The number of piperazine rings is 1. The van der Waals surface area contributed by atoms with Crippen molar-refractivity contribution in [3.05, 3.63) is 58.3 Å². The van der Waals surface area contributed by atoms with Gasteiger partial charge >= 0.3 is 5.97 Å². The van der Waals surface area contributed by atoms with Crippen LogP contribution in [0.3, 0.4) is 0 Å². The number of pyridine rings is 1. The van der Waals surface area contributed by atoms with Crippen molar-refractivity contribution in [1.82, 2.24) is 24.8 Å². The van der Waals surface area contributed by atoms with Gasteiger partial charge < -0.3 is 19.6 Å². The second-order valence-corrected chi connectivity index (χ2v) is 12.3. The molecule has 0 unspecified atom stereocenters. The van der Waals surface area contributed by atoms with E-state index in [9.17, 15) is 9.90 Å². The Morgan fingerprint density at radius 2 is 1.61 bits per heavy atom. The van der Waals surface area contributed by atoms with Gasteiger partial charge in [0.05, 0.1) is 18.1 Å². The first-order valence-electron chi connectivity index (χ1n) is 14.2. The lowest BCUT2D eigenvalue weighted by molar-refractivity contribution is -0.137. The van der Waals surface area contributed by atoms with Gasteiger partial charge in [0, 0.05) is 60.8 Å². The molecule has 11 heteroatoms. The van der Waals surface area contributed by atoms with Gasteiger partial charge in [0.25, 0.3) is 0 Å². The number of carbonyl (C=O) groups is 1. The molecule has 2 aromatic heterocycles. The quantitative estimate of drug-likeness (QED) is 0.370. The summed E-state index contributed by atoms with van der Waals surface area (Å²) in [6.45, 7) is 6.37. The van der Waals surface area contributed by atoms with Crippen LogP contribution in [-0.4, -0.2) is 82.1 Å². The number of hydrogen-bond donors (Lipinski definition) is 1. The van der Waals surface area contributed by atoms with Crippen molar-refractivity contribution in [3.63, 3.8) is 0 Å². The number of likely N-dealkylation sites (N-methyl/N-ethyl adjacent to an activating group) is 1. The van der Waals surface area contributed by atoms with Crippen LogP contribution in [0.2, 0.25) is 10.0 Å². The number of fused-ring (bicyclic) bond motifs is 1. The fraction of sp³-hybridized carbons (Fsp3) is 0.467. The van der Waals surface area contributed by atoms with Crippen molar-refractivity contribution >= 4 is 35.1 Å². The van der Waals surface area contributed by atoms with Gasteiger partial charge in [-0.05, 0) is 80.6 Å². The van der Waals surface area contributed by atoms with Crippen LogP contribution in [0.5, 0.6) is 11.6 Å². The Balaban J connectivity index is 1.20. The minimum atomic E-state index is -0.683. The van der Waals surface area contributed by atoms with Crippen LogP contribution in [0.25, 0.3) is 11.3 Å². The van der Waals surface area contributed by atoms with Crippen LogP contribution in [0, 0.1) is 17.8 Å². The van der Waals surface area contributed by atoms with E-state index in [-0.39, 0.29) is 0 Å².